The van der Waals surface area contributed by atoms with Gasteiger partial charge in [0.1, 0.15) is 5.75 Å². The maximum atomic E-state index is 9.61. The summed E-state index contributed by atoms with van der Waals surface area (Å²) in [5.74, 6) is 0.302. The average Bonchev–Trinajstić information content (AvgIpc) is 2.41. The third-order valence-corrected chi connectivity index (χ3v) is 2.69. The Hall–Kier alpha value is -2.31. The quantitative estimate of drug-likeness (QED) is 0.860. The van der Waals surface area contributed by atoms with Crippen molar-refractivity contribution in [2.24, 2.45) is 0 Å². The highest BCUT2D eigenvalue weighted by molar-refractivity contribution is 5.33. The van der Waals surface area contributed by atoms with Crippen LogP contribution in [-0.2, 0) is 13.1 Å². The number of phenolic OH excluding ortho intramolecular Hbond substituents is 1. The molecule has 2 aromatic carbocycles. The van der Waals surface area contributed by atoms with E-state index in [1.165, 1.54) is 0 Å². The minimum atomic E-state index is 0.302. The van der Waals surface area contributed by atoms with Crippen LogP contribution in [0.25, 0.3) is 0 Å². The van der Waals surface area contributed by atoms with Gasteiger partial charge in [-0.1, -0.05) is 30.3 Å². The molecule has 0 amide bonds. The predicted octanol–water partition coefficient (Wildman–Crippen LogP) is 2.55. The van der Waals surface area contributed by atoms with Crippen LogP contribution in [0.15, 0.2) is 48.5 Å². The van der Waals surface area contributed by atoms with Crippen molar-refractivity contribution in [3.05, 3.63) is 65.2 Å². The maximum absolute atomic E-state index is 9.61. The molecule has 0 atom stereocenters. The molecule has 0 aliphatic carbocycles. The van der Waals surface area contributed by atoms with Gasteiger partial charge >= 0.3 is 0 Å². The van der Waals surface area contributed by atoms with Gasteiger partial charge in [0.15, 0.2) is 0 Å². The zero-order valence-corrected chi connectivity index (χ0v) is 9.93. The zero-order valence-electron chi connectivity index (χ0n) is 9.93. The molecule has 3 nitrogen and oxygen atoms in total. The fourth-order valence-electron chi connectivity index (χ4n) is 1.75. The van der Waals surface area contributed by atoms with Crippen LogP contribution < -0.4 is 5.32 Å². The Morgan fingerprint density at radius 3 is 2.67 bits per heavy atom. The number of aromatic hydroxyl groups is 1. The van der Waals surface area contributed by atoms with Gasteiger partial charge in [-0.3, -0.25) is 0 Å². The summed E-state index contributed by atoms with van der Waals surface area (Å²) in [4.78, 5) is 0. The summed E-state index contributed by atoms with van der Waals surface area (Å²) in [7, 11) is 0. The van der Waals surface area contributed by atoms with Crippen molar-refractivity contribution in [3.8, 4) is 11.8 Å². The average molecular weight is 238 g/mol. The Balaban J connectivity index is 1.93. The third kappa shape index (κ3) is 3.09. The second-order valence-electron chi connectivity index (χ2n) is 4.04. The van der Waals surface area contributed by atoms with Crippen molar-refractivity contribution in [1.82, 2.24) is 5.32 Å². The lowest BCUT2D eigenvalue weighted by Gasteiger charge is -2.07. The molecule has 0 heterocycles. The molecule has 0 spiro atoms. The molecule has 2 rings (SSSR count). The van der Waals surface area contributed by atoms with Crippen LogP contribution in [-0.4, -0.2) is 5.11 Å². The summed E-state index contributed by atoms with van der Waals surface area (Å²) in [5.41, 5.74) is 2.59. The Bertz CT molecular complexity index is 573. The maximum Gasteiger partial charge on any atom is 0.120 e. The van der Waals surface area contributed by atoms with Crippen LogP contribution in [0, 0.1) is 11.3 Å². The zero-order chi connectivity index (χ0) is 12.8. The first-order valence-electron chi connectivity index (χ1n) is 5.76. The first-order valence-corrected chi connectivity index (χ1v) is 5.76. The number of benzene rings is 2. The van der Waals surface area contributed by atoms with Crippen molar-refractivity contribution in [2.45, 2.75) is 13.1 Å². The molecular formula is C15H14N2O. The van der Waals surface area contributed by atoms with Crippen molar-refractivity contribution >= 4 is 0 Å². The lowest BCUT2D eigenvalue weighted by atomic mass is 10.1. The van der Waals surface area contributed by atoms with Crippen LogP contribution in [0.2, 0.25) is 0 Å². The lowest BCUT2D eigenvalue weighted by molar-refractivity contribution is 0.464. The summed E-state index contributed by atoms with van der Waals surface area (Å²) in [6.07, 6.45) is 0. The fraction of sp³-hybridized carbons (Fsp3) is 0.133. The molecule has 0 aliphatic heterocycles. The number of rotatable bonds is 4. The summed E-state index contributed by atoms with van der Waals surface area (Å²) < 4.78 is 0. The van der Waals surface area contributed by atoms with Crippen LogP contribution >= 0.6 is 0 Å². The van der Waals surface area contributed by atoms with E-state index in [9.17, 15) is 5.11 Å². The minimum absolute atomic E-state index is 0.302. The smallest absolute Gasteiger partial charge is 0.120 e. The minimum Gasteiger partial charge on any atom is -0.508 e. The van der Waals surface area contributed by atoms with Gasteiger partial charge in [0.25, 0.3) is 0 Å². The van der Waals surface area contributed by atoms with Crippen molar-refractivity contribution in [3.63, 3.8) is 0 Å². The summed E-state index contributed by atoms with van der Waals surface area (Å²) in [6, 6.07) is 16.9. The molecule has 0 saturated carbocycles. The first-order chi connectivity index (χ1) is 8.79. The summed E-state index contributed by atoms with van der Waals surface area (Å²) in [5, 5.41) is 21.6. The van der Waals surface area contributed by atoms with Gasteiger partial charge in [-0.05, 0) is 23.8 Å². The molecule has 0 aliphatic rings. The Morgan fingerprint density at radius 1 is 1.06 bits per heavy atom. The number of nitriles is 1. The van der Waals surface area contributed by atoms with E-state index in [2.05, 4.69) is 11.4 Å². The van der Waals surface area contributed by atoms with E-state index in [-0.39, 0.29) is 0 Å². The molecule has 3 heteroatoms. The molecule has 2 aromatic rings. The second-order valence-corrected chi connectivity index (χ2v) is 4.04. The van der Waals surface area contributed by atoms with Gasteiger partial charge < -0.3 is 10.4 Å². The Kier molecular flexibility index (Phi) is 3.95. The van der Waals surface area contributed by atoms with E-state index < -0.39 is 0 Å². The standard InChI is InChI=1S/C15H14N2O/c16-9-12-4-3-5-13(8-12)10-17-11-14-6-1-2-7-15(14)18/h1-8,17-18H,10-11H2. The fourth-order valence-corrected chi connectivity index (χ4v) is 1.75. The predicted molar refractivity (Wildman–Crippen MR) is 69.8 cm³/mol. The molecule has 0 saturated heterocycles. The van der Waals surface area contributed by atoms with Crippen LogP contribution in [0.3, 0.4) is 0 Å². The number of para-hydroxylation sites is 1. The number of hydrogen-bond donors (Lipinski definition) is 2. The van der Waals surface area contributed by atoms with E-state index in [0.29, 0.717) is 24.4 Å². The van der Waals surface area contributed by atoms with Crippen LogP contribution in [0.1, 0.15) is 16.7 Å². The highest BCUT2D eigenvalue weighted by atomic mass is 16.3. The van der Waals surface area contributed by atoms with Gasteiger partial charge in [-0.15, -0.1) is 0 Å². The molecule has 2 N–H and O–H groups in total. The van der Waals surface area contributed by atoms with Crippen molar-refractivity contribution in [1.29, 1.82) is 5.26 Å². The monoisotopic (exact) mass is 238 g/mol. The highest BCUT2D eigenvalue weighted by Gasteiger charge is 1.99. The van der Waals surface area contributed by atoms with Gasteiger partial charge in [-0.2, -0.15) is 5.26 Å². The summed E-state index contributed by atoms with van der Waals surface area (Å²) >= 11 is 0. The first kappa shape index (κ1) is 12.2. The third-order valence-electron chi connectivity index (χ3n) is 2.69. The van der Waals surface area contributed by atoms with Gasteiger partial charge in [0.2, 0.25) is 0 Å². The summed E-state index contributed by atoms with van der Waals surface area (Å²) in [6.45, 7) is 1.27. The van der Waals surface area contributed by atoms with Crippen LogP contribution in [0.5, 0.6) is 5.75 Å². The normalized spacial score (nSPS) is 9.94. The van der Waals surface area contributed by atoms with Gasteiger partial charge in [0, 0.05) is 18.7 Å². The van der Waals surface area contributed by atoms with E-state index in [1.54, 1.807) is 18.2 Å². The number of phenols is 1. The van der Waals surface area contributed by atoms with Crippen LogP contribution in [0.4, 0.5) is 0 Å². The number of nitrogens with one attached hydrogen (secondary N) is 1. The number of nitrogens with zero attached hydrogens (tertiary/aromatic N) is 1. The Morgan fingerprint density at radius 2 is 1.89 bits per heavy atom. The number of hydrogen-bond acceptors (Lipinski definition) is 3. The van der Waals surface area contributed by atoms with E-state index in [1.807, 2.05) is 30.3 Å². The SMILES string of the molecule is N#Cc1cccc(CNCc2ccccc2O)c1. The molecule has 18 heavy (non-hydrogen) atoms. The topological polar surface area (TPSA) is 56.0 Å². The van der Waals surface area contributed by atoms with Gasteiger partial charge in [-0.25, -0.2) is 0 Å². The van der Waals surface area contributed by atoms with E-state index in [0.717, 1.165) is 11.1 Å². The second kappa shape index (κ2) is 5.85. The van der Waals surface area contributed by atoms with E-state index >= 15 is 0 Å². The lowest BCUT2D eigenvalue weighted by Crippen LogP contribution is -2.12. The Labute approximate surface area is 106 Å². The molecule has 0 radical (unpaired) electrons. The van der Waals surface area contributed by atoms with Crippen molar-refractivity contribution in [2.75, 3.05) is 0 Å². The largest absolute Gasteiger partial charge is 0.508 e. The highest BCUT2D eigenvalue weighted by Crippen LogP contribution is 2.15. The molecule has 0 unspecified atom stereocenters. The molecule has 90 valence electrons. The molecule has 0 fully saturated rings. The molecule has 0 bridgehead atoms. The molecular weight excluding hydrogens is 224 g/mol. The van der Waals surface area contributed by atoms with Gasteiger partial charge in [0.05, 0.1) is 11.6 Å². The van der Waals surface area contributed by atoms with E-state index in [4.69, 9.17) is 5.26 Å². The van der Waals surface area contributed by atoms with Crippen molar-refractivity contribution < 1.29 is 5.11 Å². The molecule has 0 aromatic heterocycles.